The summed E-state index contributed by atoms with van der Waals surface area (Å²) < 4.78 is 14.0. The second-order valence-corrected chi connectivity index (χ2v) is 7.26. The molecule has 3 atom stereocenters. The van der Waals surface area contributed by atoms with Crippen LogP contribution < -0.4 is 5.32 Å². The number of nitrogens with one attached hydrogen (secondary N) is 1. The fourth-order valence-electron chi connectivity index (χ4n) is 3.58. The van der Waals surface area contributed by atoms with Crippen LogP contribution >= 0.6 is 0 Å². The van der Waals surface area contributed by atoms with Gasteiger partial charge in [0.25, 0.3) is 0 Å². The highest BCUT2D eigenvalue weighted by Crippen LogP contribution is 2.23. The van der Waals surface area contributed by atoms with Crippen molar-refractivity contribution in [2.45, 2.75) is 44.0 Å². The molecule has 3 rings (SSSR count). The van der Waals surface area contributed by atoms with E-state index in [1.807, 2.05) is 0 Å². The summed E-state index contributed by atoms with van der Waals surface area (Å²) in [7, 11) is 0. The Hall–Kier alpha value is -3.26. The fraction of sp³-hybridized carbons (Fsp3) is 0.318. The molecule has 2 aromatic rings. The minimum Gasteiger partial charge on any atom is -0.479 e. The predicted molar refractivity (Wildman–Crippen MR) is 106 cm³/mol. The Morgan fingerprint density at radius 2 is 1.80 bits per heavy atom. The van der Waals surface area contributed by atoms with Crippen molar-refractivity contribution in [3.05, 3.63) is 71.5 Å². The van der Waals surface area contributed by atoms with Gasteiger partial charge < -0.3 is 20.4 Å². The first-order chi connectivity index (χ1) is 14.4. The van der Waals surface area contributed by atoms with Gasteiger partial charge in [0.2, 0.25) is 11.8 Å². The number of carbonyl (C=O) groups excluding carboxylic acids is 2. The van der Waals surface area contributed by atoms with E-state index in [9.17, 15) is 29.0 Å². The van der Waals surface area contributed by atoms with Gasteiger partial charge >= 0.3 is 5.97 Å². The highest BCUT2D eigenvalue weighted by molar-refractivity contribution is 5.91. The summed E-state index contributed by atoms with van der Waals surface area (Å²) in [6.45, 7) is -0.0611. The lowest BCUT2D eigenvalue weighted by Crippen LogP contribution is -2.53. The Morgan fingerprint density at radius 1 is 1.13 bits per heavy atom. The van der Waals surface area contributed by atoms with Gasteiger partial charge in [0.1, 0.15) is 11.9 Å². The quantitative estimate of drug-likeness (QED) is 0.607. The molecule has 3 N–H and O–H groups in total. The van der Waals surface area contributed by atoms with E-state index < -0.39 is 35.9 Å². The second kappa shape index (κ2) is 9.49. The number of hydrogen-bond donors (Lipinski definition) is 3. The lowest BCUT2D eigenvalue weighted by atomic mass is 10.0. The second-order valence-electron chi connectivity index (χ2n) is 7.26. The molecule has 7 nitrogen and oxygen atoms in total. The number of likely N-dealkylation sites (tertiary alicyclic amines) is 1. The molecule has 1 fully saturated rings. The number of nitrogens with zero attached hydrogens (tertiary/aromatic N) is 1. The van der Waals surface area contributed by atoms with E-state index in [0.717, 1.165) is 5.56 Å². The minimum atomic E-state index is -1.81. The van der Waals surface area contributed by atoms with Gasteiger partial charge in [-0.05, 0) is 24.5 Å². The first-order valence-corrected chi connectivity index (χ1v) is 9.65. The van der Waals surface area contributed by atoms with Crippen molar-refractivity contribution >= 4 is 17.8 Å². The van der Waals surface area contributed by atoms with Crippen LogP contribution in [-0.2, 0) is 27.3 Å². The summed E-state index contributed by atoms with van der Waals surface area (Å²) in [6, 6.07) is 12.9. The zero-order valence-electron chi connectivity index (χ0n) is 16.2. The number of carboxylic acid groups (broad SMARTS) is 1. The van der Waals surface area contributed by atoms with Crippen LogP contribution in [0.5, 0.6) is 0 Å². The first kappa shape index (κ1) is 21.4. The Kier molecular flexibility index (Phi) is 6.79. The van der Waals surface area contributed by atoms with Crippen molar-refractivity contribution in [1.82, 2.24) is 10.2 Å². The molecule has 0 radical (unpaired) electrons. The molecule has 0 aromatic heterocycles. The molecule has 2 amide bonds. The molecule has 2 aromatic carbocycles. The molecule has 3 unspecified atom stereocenters. The molecule has 8 heteroatoms. The number of aliphatic hydroxyl groups is 1. The van der Waals surface area contributed by atoms with Gasteiger partial charge in [-0.1, -0.05) is 48.5 Å². The van der Waals surface area contributed by atoms with Crippen LogP contribution in [0, 0.1) is 5.82 Å². The minimum absolute atomic E-state index is 0.0611. The van der Waals surface area contributed by atoms with Crippen molar-refractivity contribution in [2.24, 2.45) is 0 Å². The van der Waals surface area contributed by atoms with E-state index in [1.165, 1.54) is 17.0 Å². The topological polar surface area (TPSA) is 107 Å². The SMILES string of the molecule is O=C(O)C(O)C(Cc1ccccc1)NC(=O)C1CCC(=O)N1Cc1ccccc1F. The van der Waals surface area contributed by atoms with Crippen LogP contribution in [0.25, 0.3) is 0 Å². The number of benzene rings is 2. The third kappa shape index (κ3) is 5.01. The highest BCUT2D eigenvalue weighted by Gasteiger charge is 2.38. The number of halogens is 1. The fourth-order valence-corrected chi connectivity index (χ4v) is 3.58. The smallest absolute Gasteiger partial charge is 0.334 e. The first-order valence-electron chi connectivity index (χ1n) is 9.65. The average molecular weight is 414 g/mol. The van der Waals surface area contributed by atoms with Crippen molar-refractivity contribution < 1.29 is 29.0 Å². The Balaban J connectivity index is 1.75. The van der Waals surface area contributed by atoms with Crippen LogP contribution in [0.4, 0.5) is 4.39 Å². The third-order valence-electron chi connectivity index (χ3n) is 5.19. The van der Waals surface area contributed by atoms with E-state index in [4.69, 9.17) is 0 Å². The summed E-state index contributed by atoms with van der Waals surface area (Å²) in [5.41, 5.74) is 1.03. The predicted octanol–water partition coefficient (Wildman–Crippen LogP) is 1.49. The van der Waals surface area contributed by atoms with Gasteiger partial charge in [0.05, 0.1) is 6.04 Å². The third-order valence-corrected chi connectivity index (χ3v) is 5.19. The molecular weight excluding hydrogens is 391 g/mol. The normalized spacial score (nSPS) is 18.1. The average Bonchev–Trinajstić information content (AvgIpc) is 3.09. The highest BCUT2D eigenvalue weighted by atomic mass is 19.1. The number of aliphatic hydroxyl groups excluding tert-OH is 1. The van der Waals surface area contributed by atoms with Crippen molar-refractivity contribution in [3.8, 4) is 0 Å². The maximum Gasteiger partial charge on any atom is 0.334 e. The van der Waals surface area contributed by atoms with Crippen molar-refractivity contribution in [3.63, 3.8) is 0 Å². The van der Waals surface area contributed by atoms with Crippen LogP contribution in [0.15, 0.2) is 54.6 Å². The standard InChI is InChI=1S/C22H23FN2O5/c23-16-9-5-4-8-15(16)13-25-18(10-11-19(25)26)21(28)24-17(20(27)22(29)30)12-14-6-2-1-3-7-14/h1-9,17-18,20,27H,10-13H2,(H,24,28)(H,29,30). The molecule has 0 bridgehead atoms. The molecule has 0 aliphatic carbocycles. The monoisotopic (exact) mass is 414 g/mol. The molecule has 0 saturated carbocycles. The number of aliphatic carboxylic acids is 1. The number of carbonyl (C=O) groups is 3. The molecule has 0 spiro atoms. The number of rotatable bonds is 8. The summed E-state index contributed by atoms with van der Waals surface area (Å²) >= 11 is 0. The van der Waals surface area contributed by atoms with Crippen LogP contribution in [0.2, 0.25) is 0 Å². The van der Waals surface area contributed by atoms with Crippen LogP contribution in [0.1, 0.15) is 24.0 Å². The molecule has 1 aliphatic rings. The van der Waals surface area contributed by atoms with Crippen molar-refractivity contribution in [2.75, 3.05) is 0 Å². The zero-order chi connectivity index (χ0) is 21.7. The van der Waals surface area contributed by atoms with Gasteiger partial charge in [0, 0.05) is 18.5 Å². The van der Waals surface area contributed by atoms with Gasteiger partial charge in [-0.3, -0.25) is 9.59 Å². The largest absolute Gasteiger partial charge is 0.479 e. The van der Waals surface area contributed by atoms with E-state index in [1.54, 1.807) is 42.5 Å². The van der Waals surface area contributed by atoms with Gasteiger partial charge in [0.15, 0.2) is 6.10 Å². The lowest BCUT2D eigenvalue weighted by Gasteiger charge is -2.28. The molecule has 30 heavy (non-hydrogen) atoms. The van der Waals surface area contributed by atoms with Gasteiger partial charge in [-0.25, -0.2) is 9.18 Å². The van der Waals surface area contributed by atoms with E-state index >= 15 is 0 Å². The van der Waals surface area contributed by atoms with E-state index in [0.29, 0.717) is 0 Å². The summed E-state index contributed by atoms with van der Waals surface area (Å²) in [4.78, 5) is 37.8. The molecule has 1 saturated heterocycles. The summed E-state index contributed by atoms with van der Waals surface area (Å²) in [6.07, 6.45) is -1.34. The van der Waals surface area contributed by atoms with E-state index in [-0.39, 0.29) is 37.3 Å². The van der Waals surface area contributed by atoms with Crippen molar-refractivity contribution in [1.29, 1.82) is 0 Å². The number of amides is 2. The Morgan fingerprint density at radius 3 is 2.47 bits per heavy atom. The van der Waals surface area contributed by atoms with Gasteiger partial charge in [-0.15, -0.1) is 0 Å². The lowest BCUT2D eigenvalue weighted by molar-refractivity contribution is -0.149. The zero-order valence-corrected chi connectivity index (χ0v) is 16.2. The summed E-state index contributed by atoms with van der Waals surface area (Å²) in [5, 5.41) is 21.9. The van der Waals surface area contributed by atoms with Gasteiger partial charge in [-0.2, -0.15) is 0 Å². The molecule has 1 heterocycles. The number of carboxylic acids is 1. The summed E-state index contributed by atoms with van der Waals surface area (Å²) in [5.74, 6) is -2.78. The molecular formula is C22H23FN2O5. The Labute approximate surface area is 173 Å². The maximum atomic E-state index is 14.0. The molecule has 158 valence electrons. The van der Waals surface area contributed by atoms with Crippen LogP contribution in [0.3, 0.4) is 0 Å². The maximum absolute atomic E-state index is 14.0. The van der Waals surface area contributed by atoms with Crippen LogP contribution in [-0.4, -0.2) is 51.1 Å². The molecule has 1 aliphatic heterocycles. The van der Waals surface area contributed by atoms with E-state index in [2.05, 4.69) is 5.32 Å². The number of hydrogen-bond acceptors (Lipinski definition) is 4. The Bertz CT molecular complexity index is 921.